The highest BCUT2D eigenvalue weighted by atomic mass is 19.3. The molecule has 0 N–H and O–H groups in total. The van der Waals surface area contributed by atoms with Crippen molar-refractivity contribution in [2.24, 2.45) is 11.3 Å². The SMILES string of the molecule is CC(C)(C)C1CCOC(C(F)F)C1. The normalized spacial score (nSPS) is 30.9. The fourth-order valence-electron chi connectivity index (χ4n) is 1.79. The van der Waals surface area contributed by atoms with Crippen LogP contribution in [0.15, 0.2) is 0 Å². The maximum Gasteiger partial charge on any atom is 0.264 e. The molecule has 1 saturated heterocycles. The molecule has 0 spiro atoms. The average molecular weight is 192 g/mol. The Balaban J connectivity index is 2.52. The van der Waals surface area contributed by atoms with Crippen molar-refractivity contribution in [1.29, 1.82) is 0 Å². The Kier molecular flexibility index (Phi) is 3.28. The number of rotatable bonds is 1. The molecule has 1 aliphatic rings. The summed E-state index contributed by atoms with van der Waals surface area (Å²) in [4.78, 5) is 0. The quantitative estimate of drug-likeness (QED) is 0.620. The third-order valence-corrected chi connectivity index (χ3v) is 2.82. The monoisotopic (exact) mass is 192 g/mol. The Hall–Kier alpha value is -0.180. The highest BCUT2D eigenvalue weighted by molar-refractivity contribution is 4.81. The molecule has 1 heterocycles. The molecule has 0 amide bonds. The summed E-state index contributed by atoms with van der Waals surface area (Å²) in [5, 5.41) is 0. The van der Waals surface area contributed by atoms with Gasteiger partial charge in [0.15, 0.2) is 0 Å². The number of alkyl halides is 2. The smallest absolute Gasteiger partial charge is 0.264 e. The predicted molar refractivity (Wildman–Crippen MR) is 47.9 cm³/mol. The standard InChI is InChI=1S/C10H18F2O/c1-10(2,3)7-4-5-13-8(6-7)9(11)12/h7-9H,4-6H2,1-3H3. The van der Waals surface area contributed by atoms with E-state index in [1.807, 2.05) is 0 Å². The lowest BCUT2D eigenvalue weighted by Crippen LogP contribution is -2.36. The fraction of sp³-hybridized carbons (Fsp3) is 1.00. The van der Waals surface area contributed by atoms with E-state index in [0.29, 0.717) is 18.9 Å². The van der Waals surface area contributed by atoms with E-state index in [1.165, 1.54) is 0 Å². The van der Waals surface area contributed by atoms with Crippen molar-refractivity contribution < 1.29 is 13.5 Å². The molecule has 0 bridgehead atoms. The Morgan fingerprint density at radius 3 is 2.38 bits per heavy atom. The first-order valence-corrected chi connectivity index (χ1v) is 4.81. The van der Waals surface area contributed by atoms with Crippen molar-refractivity contribution in [1.82, 2.24) is 0 Å². The molecule has 0 aromatic heterocycles. The summed E-state index contributed by atoms with van der Waals surface area (Å²) in [6.45, 7) is 6.79. The number of hydrogen-bond acceptors (Lipinski definition) is 1. The fourth-order valence-corrected chi connectivity index (χ4v) is 1.79. The van der Waals surface area contributed by atoms with Crippen molar-refractivity contribution in [3.63, 3.8) is 0 Å². The van der Waals surface area contributed by atoms with Crippen LogP contribution in [0.2, 0.25) is 0 Å². The Labute approximate surface area is 78.5 Å². The lowest BCUT2D eigenvalue weighted by atomic mass is 9.75. The third-order valence-electron chi connectivity index (χ3n) is 2.82. The van der Waals surface area contributed by atoms with Crippen LogP contribution in [0.1, 0.15) is 33.6 Å². The second-order valence-corrected chi connectivity index (χ2v) is 4.83. The van der Waals surface area contributed by atoms with Gasteiger partial charge in [0, 0.05) is 6.61 Å². The minimum atomic E-state index is -2.33. The summed E-state index contributed by atoms with van der Waals surface area (Å²) in [6, 6.07) is 0. The van der Waals surface area contributed by atoms with Crippen molar-refractivity contribution in [2.45, 2.75) is 46.1 Å². The summed E-state index contributed by atoms with van der Waals surface area (Å²) in [5.74, 6) is 0.361. The van der Waals surface area contributed by atoms with Crippen molar-refractivity contribution in [3.05, 3.63) is 0 Å². The van der Waals surface area contributed by atoms with Gasteiger partial charge in [-0.2, -0.15) is 0 Å². The molecule has 2 atom stereocenters. The van der Waals surface area contributed by atoms with E-state index < -0.39 is 12.5 Å². The van der Waals surface area contributed by atoms with E-state index in [2.05, 4.69) is 20.8 Å². The van der Waals surface area contributed by atoms with Gasteiger partial charge in [-0.05, 0) is 24.2 Å². The predicted octanol–water partition coefficient (Wildman–Crippen LogP) is 3.09. The highest BCUT2D eigenvalue weighted by Gasteiger charge is 2.34. The van der Waals surface area contributed by atoms with E-state index in [-0.39, 0.29) is 5.41 Å². The van der Waals surface area contributed by atoms with Crippen LogP contribution in [0.3, 0.4) is 0 Å². The molecule has 1 rings (SSSR count). The summed E-state index contributed by atoms with van der Waals surface area (Å²) in [6.07, 6.45) is -1.75. The van der Waals surface area contributed by atoms with Crippen molar-refractivity contribution >= 4 is 0 Å². The number of halogens is 2. The summed E-state index contributed by atoms with van der Waals surface area (Å²) < 4.78 is 29.7. The van der Waals surface area contributed by atoms with Gasteiger partial charge < -0.3 is 4.74 Å². The van der Waals surface area contributed by atoms with Gasteiger partial charge >= 0.3 is 0 Å². The van der Waals surface area contributed by atoms with Crippen LogP contribution in [-0.2, 0) is 4.74 Å². The molecule has 2 unspecified atom stereocenters. The zero-order valence-corrected chi connectivity index (χ0v) is 8.52. The lowest BCUT2D eigenvalue weighted by Gasteiger charge is -2.37. The van der Waals surface area contributed by atoms with Gasteiger partial charge in [0.05, 0.1) is 0 Å². The van der Waals surface area contributed by atoms with E-state index in [4.69, 9.17) is 4.74 Å². The molecule has 13 heavy (non-hydrogen) atoms. The molecule has 3 heteroatoms. The van der Waals surface area contributed by atoms with Crippen molar-refractivity contribution in [3.8, 4) is 0 Å². The molecule has 0 saturated carbocycles. The lowest BCUT2D eigenvalue weighted by molar-refractivity contribution is -0.106. The Morgan fingerprint density at radius 1 is 1.31 bits per heavy atom. The second-order valence-electron chi connectivity index (χ2n) is 4.83. The molecule has 1 fully saturated rings. The first-order chi connectivity index (χ1) is 5.91. The third kappa shape index (κ3) is 2.90. The molecule has 78 valence electrons. The Bertz CT molecular complexity index is 163. The van der Waals surface area contributed by atoms with Gasteiger partial charge in [0.25, 0.3) is 6.43 Å². The summed E-state index contributed by atoms with van der Waals surface area (Å²) in [7, 11) is 0. The number of ether oxygens (including phenoxy) is 1. The molecule has 0 aliphatic carbocycles. The second kappa shape index (κ2) is 3.91. The molecule has 1 aliphatic heterocycles. The van der Waals surface area contributed by atoms with Crippen LogP contribution in [0, 0.1) is 11.3 Å². The molecular formula is C10H18F2O. The van der Waals surface area contributed by atoms with Gasteiger partial charge in [0.1, 0.15) is 6.10 Å². The van der Waals surface area contributed by atoms with Gasteiger partial charge in [-0.3, -0.25) is 0 Å². The van der Waals surface area contributed by atoms with Crippen molar-refractivity contribution in [2.75, 3.05) is 6.61 Å². The minimum absolute atomic E-state index is 0.122. The van der Waals surface area contributed by atoms with Gasteiger partial charge in [-0.25, -0.2) is 8.78 Å². The van der Waals surface area contributed by atoms with Gasteiger partial charge in [-0.15, -0.1) is 0 Å². The van der Waals surface area contributed by atoms with Crippen LogP contribution in [0.25, 0.3) is 0 Å². The Morgan fingerprint density at radius 2 is 1.92 bits per heavy atom. The first-order valence-electron chi connectivity index (χ1n) is 4.81. The van der Waals surface area contributed by atoms with E-state index in [0.717, 1.165) is 6.42 Å². The molecule has 0 aromatic carbocycles. The molecule has 0 aromatic rings. The maximum absolute atomic E-state index is 12.4. The minimum Gasteiger partial charge on any atom is -0.372 e. The first kappa shape index (κ1) is 10.9. The molecule has 0 radical (unpaired) electrons. The van der Waals surface area contributed by atoms with Gasteiger partial charge in [-0.1, -0.05) is 20.8 Å². The maximum atomic E-state index is 12.4. The van der Waals surface area contributed by atoms with E-state index >= 15 is 0 Å². The van der Waals surface area contributed by atoms with Crippen LogP contribution >= 0.6 is 0 Å². The van der Waals surface area contributed by atoms with E-state index in [9.17, 15) is 8.78 Å². The van der Waals surface area contributed by atoms with Crippen LogP contribution in [-0.4, -0.2) is 19.1 Å². The van der Waals surface area contributed by atoms with Crippen LogP contribution in [0.4, 0.5) is 8.78 Å². The zero-order chi connectivity index (χ0) is 10.1. The summed E-state index contributed by atoms with van der Waals surface area (Å²) >= 11 is 0. The zero-order valence-electron chi connectivity index (χ0n) is 8.52. The topological polar surface area (TPSA) is 9.23 Å². The van der Waals surface area contributed by atoms with E-state index in [1.54, 1.807) is 0 Å². The van der Waals surface area contributed by atoms with Crippen LogP contribution < -0.4 is 0 Å². The van der Waals surface area contributed by atoms with Crippen LogP contribution in [0.5, 0.6) is 0 Å². The molecule has 1 nitrogen and oxygen atoms in total. The molecular weight excluding hydrogens is 174 g/mol. The average Bonchev–Trinajstić information content (AvgIpc) is 2.03. The number of hydrogen-bond donors (Lipinski definition) is 0. The highest BCUT2D eigenvalue weighted by Crippen LogP contribution is 2.36. The summed E-state index contributed by atoms with van der Waals surface area (Å²) in [5.41, 5.74) is 0.122. The largest absolute Gasteiger partial charge is 0.372 e. The van der Waals surface area contributed by atoms with Gasteiger partial charge in [0.2, 0.25) is 0 Å².